The smallest absolute Gasteiger partial charge is 0.329 e. The molecule has 0 spiro atoms. The fourth-order valence-corrected chi connectivity index (χ4v) is 6.90. The molecular formula is C36H35F2N5O6S. The number of aliphatic carboxylic acids is 1. The minimum absolute atomic E-state index is 0.0882. The number of nitrogens with one attached hydrogen (secondary N) is 2. The van der Waals surface area contributed by atoms with Gasteiger partial charge >= 0.3 is 5.97 Å². The van der Waals surface area contributed by atoms with Crippen molar-refractivity contribution in [1.29, 1.82) is 0 Å². The van der Waals surface area contributed by atoms with Gasteiger partial charge in [-0.1, -0.05) is 54.1 Å². The van der Waals surface area contributed by atoms with E-state index >= 15 is 8.78 Å². The first kappa shape index (κ1) is 35.7. The van der Waals surface area contributed by atoms with E-state index < -0.39 is 63.4 Å². The highest BCUT2D eigenvalue weighted by Gasteiger charge is 2.32. The van der Waals surface area contributed by atoms with Crippen molar-refractivity contribution in [3.63, 3.8) is 0 Å². The van der Waals surface area contributed by atoms with Gasteiger partial charge in [-0.25, -0.2) is 27.0 Å². The van der Waals surface area contributed by atoms with Crippen molar-refractivity contribution in [2.75, 3.05) is 16.2 Å². The highest BCUT2D eigenvalue weighted by atomic mass is 32.2. The lowest BCUT2D eigenvalue weighted by molar-refractivity contribution is -0.138. The van der Waals surface area contributed by atoms with Crippen molar-refractivity contribution >= 4 is 45.2 Å². The predicted molar refractivity (Wildman–Crippen MR) is 187 cm³/mol. The predicted octanol–water partition coefficient (Wildman–Crippen LogP) is 4.67. The summed E-state index contributed by atoms with van der Waals surface area (Å²) in [5.41, 5.74) is 0.838. The number of anilines is 2. The quantitative estimate of drug-likeness (QED) is 0.129. The molecule has 1 unspecified atom stereocenters. The van der Waals surface area contributed by atoms with Gasteiger partial charge in [0.05, 0.1) is 23.1 Å². The van der Waals surface area contributed by atoms with Crippen LogP contribution in [-0.2, 0) is 35.2 Å². The minimum Gasteiger partial charge on any atom is -0.480 e. The number of amides is 1. The number of carboxylic acid groups (broad SMARTS) is 1. The summed E-state index contributed by atoms with van der Waals surface area (Å²) >= 11 is 0. The van der Waals surface area contributed by atoms with E-state index in [9.17, 15) is 27.9 Å². The normalized spacial score (nSPS) is 11.8. The molecule has 0 radical (unpaired) electrons. The number of pyridine rings is 2. The largest absolute Gasteiger partial charge is 0.480 e. The second kappa shape index (κ2) is 15.3. The van der Waals surface area contributed by atoms with Crippen molar-refractivity contribution in [2.24, 2.45) is 0 Å². The van der Waals surface area contributed by atoms with Crippen LogP contribution < -0.4 is 20.4 Å². The monoisotopic (exact) mass is 703 g/mol. The molecule has 0 saturated heterocycles. The average molecular weight is 704 g/mol. The fraction of sp³-hybridized carbons (Fsp3) is 0.222. The first-order valence-corrected chi connectivity index (χ1v) is 16.8. The van der Waals surface area contributed by atoms with Gasteiger partial charge in [-0.3, -0.25) is 13.9 Å². The number of fused-ring (bicyclic) bond motifs is 1. The van der Waals surface area contributed by atoms with E-state index in [1.54, 1.807) is 44.2 Å². The lowest BCUT2D eigenvalue weighted by atomic mass is 10.0. The Hall–Kier alpha value is -5.63. The number of aryl methyl sites for hydroxylation is 5. The highest BCUT2D eigenvalue weighted by molar-refractivity contribution is 7.74. The summed E-state index contributed by atoms with van der Waals surface area (Å²) in [6.07, 6.45) is 3.03. The van der Waals surface area contributed by atoms with Crippen LogP contribution in [0.15, 0.2) is 83.9 Å². The Labute approximate surface area is 288 Å². The Kier molecular flexibility index (Phi) is 10.9. The van der Waals surface area contributed by atoms with E-state index in [1.165, 1.54) is 10.8 Å². The Morgan fingerprint density at radius 1 is 1.00 bits per heavy atom. The van der Waals surface area contributed by atoms with E-state index in [2.05, 4.69) is 15.6 Å². The maximum absolute atomic E-state index is 16.2. The number of hydrogen-bond acceptors (Lipinski definition) is 7. The van der Waals surface area contributed by atoms with Crippen LogP contribution in [0.25, 0.3) is 10.9 Å². The van der Waals surface area contributed by atoms with Gasteiger partial charge in [0.2, 0.25) is 16.3 Å². The van der Waals surface area contributed by atoms with Gasteiger partial charge in [0, 0.05) is 31.0 Å². The molecule has 1 atom stereocenters. The average Bonchev–Trinajstić information content (AvgIpc) is 3.07. The van der Waals surface area contributed by atoms with Crippen LogP contribution in [0.3, 0.4) is 0 Å². The van der Waals surface area contributed by atoms with Gasteiger partial charge < -0.3 is 20.3 Å². The van der Waals surface area contributed by atoms with Crippen molar-refractivity contribution < 1.29 is 31.9 Å². The summed E-state index contributed by atoms with van der Waals surface area (Å²) in [5, 5.41) is 14.9. The van der Waals surface area contributed by atoms with E-state index in [4.69, 9.17) is 0 Å². The van der Waals surface area contributed by atoms with Crippen molar-refractivity contribution in [3.05, 3.63) is 134 Å². The Morgan fingerprint density at radius 3 is 2.30 bits per heavy atom. The summed E-state index contributed by atoms with van der Waals surface area (Å²) in [5.74, 6) is -4.22. The fourth-order valence-electron chi connectivity index (χ4n) is 6.01. The Bertz CT molecular complexity index is 2180. The minimum atomic E-state index is -3.49. The van der Waals surface area contributed by atoms with Gasteiger partial charge in [0.15, 0.2) is 11.9 Å². The molecule has 3 aromatic carbocycles. The zero-order chi connectivity index (χ0) is 36.1. The second-order valence-electron chi connectivity index (χ2n) is 11.8. The standard InChI is InChI=1S/C36H35F2N5O6S/c1-21-15-22(2)32(23(3)16-21)43(50(48)49)29(36(46)47)19-41-35(45)27-20-42(14-12-24-9-5-4-6-10-24)33-25(34(27)44)17-28(37)26(31(33)38)18-40-30-11-7-8-13-39-30/h4-11,13,15-17,20,29,50H,12,14,18-19H2,1-3H3,(H,39,40)(H,41,45)(H,46,47). The van der Waals surface area contributed by atoms with Crippen molar-refractivity contribution in [3.8, 4) is 0 Å². The number of nitrogens with zero attached hydrogens (tertiary/aromatic N) is 3. The molecule has 0 aliphatic carbocycles. The van der Waals surface area contributed by atoms with Crippen molar-refractivity contribution in [2.45, 2.75) is 46.3 Å². The van der Waals surface area contributed by atoms with E-state index in [0.717, 1.165) is 23.4 Å². The molecule has 2 aromatic heterocycles. The summed E-state index contributed by atoms with van der Waals surface area (Å²) in [6.45, 7) is 4.19. The molecule has 11 nitrogen and oxygen atoms in total. The molecule has 260 valence electrons. The molecule has 50 heavy (non-hydrogen) atoms. The molecule has 0 bridgehead atoms. The molecular weight excluding hydrogens is 668 g/mol. The molecule has 1 amide bonds. The molecule has 0 fully saturated rings. The Morgan fingerprint density at radius 2 is 1.68 bits per heavy atom. The topological polar surface area (TPSA) is 151 Å². The van der Waals surface area contributed by atoms with Crippen LogP contribution in [0.2, 0.25) is 0 Å². The zero-order valence-electron chi connectivity index (χ0n) is 27.4. The molecule has 3 N–H and O–H groups in total. The maximum Gasteiger partial charge on any atom is 0.329 e. The third-order valence-electron chi connectivity index (χ3n) is 8.27. The summed E-state index contributed by atoms with van der Waals surface area (Å²) in [4.78, 5) is 43.8. The third kappa shape index (κ3) is 7.65. The highest BCUT2D eigenvalue weighted by Crippen LogP contribution is 2.29. The first-order chi connectivity index (χ1) is 23.9. The van der Waals surface area contributed by atoms with Gasteiger partial charge in [-0.2, -0.15) is 0 Å². The van der Waals surface area contributed by atoms with Gasteiger partial charge in [-0.05, 0) is 62.1 Å². The summed E-state index contributed by atoms with van der Waals surface area (Å²) in [7, 11) is -3.49. The molecule has 2 heterocycles. The van der Waals surface area contributed by atoms with E-state index in [0.29, 0.717) is 27.7 Å². The van der Waals surface area contributed by atoms with Crippen LogP contribution in [-0.4, -0.2) is 47.5 Å². The summed E-state index contributed by atoms with van der Waals surface area (Å²) in [6, 6.07) is 16.7. The Balaban J connectivity index is 1.53. The SMILES string of the molecule is Cc1cc(C)c(N(C(CNC(=O)c2cn(CCc3ccccc3)c3c(F)c(CNc4ccccn4)c(F)cc3c2=O)C(=O)O)[SH](=O)=O)c(C)c1. The molecule has 14 heteroatoms. The third-order valence-corrected chi connectivity index (χ3v) is 9.10. The number of halogens is 2. The van der Waals surface area contributed by atoms with Crippen LogP contribution in [0.1, 0.15) is 38.2 Å². The molecule has 5 rings (SSSR count). The number of carbonyl (C=O) groups excluding carboxylic acids is 1. The van der Waals surface area contributed by atoms with E-state index in [-0.39, 0.29) is 29.9 Å². The first-order valence-electron chi connectivity index (χ1n) is 15.6. The maximum atomic E-state index is 16.2. The number of benzene rings is 3. The zero-order valence-corrected chi connectivity index (χ0v) is 28.3. The number of rotatable bonds is 13. The second-order valence-corrected chi connectivity index (χ2v) is 12.7. The molecule has 0 aliphatic heterocycles. The van der Waals surface area contributed by atoms with Gasteiger partial charge in [0.1, 0.15) is 17.2 Å². The van der Waals surface area contributed by atoms with Crippen molar-refractivity contribution in [1.82, 2.24) is 14.9 Å². The van der Waals surface area contributed by atoms with Gasteiger partial charge in [0.25, 0.3) is 5.91 Å². The van der Waals surface area contributed by atoms with Crippen LogP contribution in [0.4, 0.5) is 20.3 Å². The number of thiol groups is 1. The number of aromatic nitrogens is 2. The van der Waals surface area contributed by atoms with Crippen LogP contribution in [0, 0.1) is 32.4 Å². The van der Waals surface area contributed by atoms with Crippen LogP contribution in [0.5, 0.6) is 0 Å². The van der Waals surface area contributed by atoms with Gasteiger partial charge in [-0.15, -0.1) is 0 Å². The lowest BCUT2D eigenvalue weighted by Crippen LogP contribution is -2.49. The molecule has 0 aliphatic rings. The number of hydrogen-bond donors (Lipinski definition) is 4. The number of carbonyl (C=O) groups is 2. The molecule has 5 aromatic rings. The lowest BCUT2D eigenvalue weighted by Gasteiger charge is -2.28. The van der Waals surface area contributed by atoms with E-state index in [1.807, 2.05) is 37.3 Å². The molecule has 0 saturated carbocycles. The summed E-state index contributed by atoms with van der Waals surface area (Å²) < 4.78 is 58.6. The number of carboxylic acids is 1. The van der Waals surface area contributed by atoms with Crippen LogP contribution >= 0.6 is 0 Å².